The molecule has 0 aliphatic carbocycles. The van der Waals surface area contributed by atoms with E-state index in [0.29, 0.717) is 0 Å². The van der Waals surface area contributed by atoms with Gasteiger partial charge in [0.1, 0.15) is 0 Å². The number of nitrogens with one attached hydrogen (secondary N) is 2. The summed E-state index contributed by atoms with van der Waals surface area (Å²) in [7, 11) is 0. The summed E-state index contributed by atoms with van der Waals surface area (Å²) in [5.74, 6) is -2.47. The van der Waals surface area contributed by atoms with E-state index in [4.69, 9.17) is 0 Å². The third kappa shape index (κ3) is 6.71. The number of imide groups is 2. The summed E-state index contributed by atoms with van der Waals surface area (Å²) in [6, 6.07) is 0. The molecule has 4 amide bonds. The van der Waals surface area contributed by atoms with Crippen LogP contribution in [0.15, 0.2) is 12.2 Å². The third-order valence-corrected chi connectivity index (χ3v) is 0.985. The summed E-state index contributed by atoms with van der Waals surface area (Å²) in [5.41, 5.74) is 0. The molecule has 14 heavy (non-hydrogen) atoms. The molecule has 0 bridgehead atoms. The number of hydrogen-bond acceptors (Lipinski definition) is 4. The van der Waals surface area contributed by atoms with Crippen LogP contribution in [0.3, 0.4) is 0 Å². The molecule has 6 nitrogen and oxygen atoms in total. The van der Waals surface area contributed by atoms with Crippen LogP contribution >= 0.6 is 0 Å². The Morgan fingerprint density at radius 2 is 1.07 bits per heavy atom. The fraction of sp³-hybridized carbons (Fsp3) is 0.250. The first-order valence-corrected chi connectivity index (χ1v) is 3.73. The number of rotatable bonds is 2. The topological polar surface area (TPSA) is 92.3 Å². The second-order valence-electron chi connectivity index (χ2n) is 2.42. The van der Waals surface area contributed by atoms with E-state index in [1.807, 2.05) is 10.6 Å². The Bertz CT molecular complexity index is 276. The summed E-state index contributed by atoms with van der Waals surface area (Å²) in [5, 5.41) is 3.84. The van der Waals surface area contributed by atoms with Crippen molar-refractivity contribution in [2.45, 2.75) is 13.8 Å². The van der Waals surface area contributed by atoms with Crippen LogP contribution in [-0.4, -0.2) is 23.6 Å². The van der Waals surface area contributed by atoms with Gasteiger partial charge in [-0.1, -0.05) is 0 Å². The van der Waals surface area contributed by atoms with Crippen LogP contribution in [0.4, 0.5) is 0 Å². The van der Waals surface area contributed by atoms with Crippen molar-refractivity contribution in [1.82, 2.24) is 10.6 Å². The highest BCUT2D eigenvalue weighted by Gasteiger charge is 2.01. The summed E-state index contributed by atoms with van der Waals surface area (Å²) >= 11 is 0. The van der Waals surface area contributed by atoms with Crippen LogP contribution < -0.4 is 10.6 Å². The number of amides is 4. The van der Waals surface area contributed by atoms with E-state index < -0.39 is 23.6 Å². The average molecular weight is 198 g/mol. The molecule has 0 rings (SSSR count). The van der Waals surface area contributed by atoms with E-state index in [9.17, 15) is 19.2 Å². The highest BCUT2D eigenvalue weighted by atomic mass is 16.2. The van der Waals surface area contributed by atoms with Gasteiger partial charge in [-0.05, 0) is 0 Å². The maximum atomic E-state index is 10.8. The summed E-state index contributed by atoms with van der Waals surface area (Å²) in [6.07, 6.45) is 1.72. The van der Waals surface area contributed by atoms with Crippen LogP contribution in [0, 0.1) is 0 Å². The smallest absolute Gasteiger partial charge is 0.250 e. The quantitative estimate of drug-likeness (QED) is 0.549. The Labute approximate surface area is 80.4 Å². The molecule has 0 aromatic rings. The monoisotopic (exact) mass is 198 g/mol. The van der Waals surface area contributed by atoms with Gasteiger partial charge in [0.25, 0.3) is 11.8 Å². The highest BCUT2D eigenvalue weighted by Crippen LogP contribution is 1.76. The van der Waals surface area contributed by atoms with Crippen molar-refractivity contribution in [3.63, 3.8) is 0 Å². The lowest BCUT2D eigenvalue weighted by Gasteiger charge is -1.94. The number of carbonyl (C=O) groups is 4. The van der Waals surface area contributed by atoms with E-state index in [2.05, 4.69) is 0 Å². The van der Waals surface area contributed by atoms with E-state index in [1.54, 1.807) is 0 Å². The summed E-state index contributed by atoms with van der Waals surface area (Å²) in [4.78, 5) is 42.2. The molecule has 0 fully saturated rings. The van der Waals surface area contributed by atoms with Crippen LogP contribution in [0.25, 0.3) is 0 Å². The molecule has 0 saturated heterocycles. The molecule has 2 N–H and O–H groups in total. The molecule has 0 saturated carbocycles. The van der Waals surface area contributed by atoms with Crippen molar-refractivity contribution in [1.29, 1.82) is 0 Å². The summed E-state index contributed by atoms with van der Waals surface area (Å²) < 4.78 is 0. The summed E-state index contributed by atoms with van der Waals surface area (Å²) in [6.45, 7) is 2.34. The zero-order chi connectivity index (χ0) is 11.1. The minimum Gasteiger partial charge on any atom is -0.293 e. The van der Waals surface area contributed by atoms with E-state index >= 15 is 0 Å². The molecule has 0 radical (unpaired) electrons. The van der Waals surface area contributed by atoms with Crippen LogP contribution in [-0.2, 0) is 19.2 Å². The standard InChI is InChI=1S/C8H10N2O4/c1-5(11)9-7(13)3-4-8(14)10-6(2)12/h3-4H,1-2H3,(H,9,11,13)(H,10,12,14)/b4-3-. The molecule has 6 heteroatoms. The molecule has 76 valence electrons. The molecule has 0 spiro atoms. The van der Waals surface area contributed by atoms with Gasteiger partial charge in [0.15, 0.2) is 0 Å². The van der Waals surface area contributed by atoms with Crippen molar-refractivity contribution in [3.8, 4) is 0 Å². The Kier molecular flexibility index (Phi) is 4.83. The number of carbonyl (C=O) groups excluding carboxylic acids is 4. The first kappa shape index (κ1) is 12.0. The van der Waals surface area contributed by atoms with Crippen molar-refractivity contribution in [2.75, 3.05) is 0 Å². The SMILES string of the molecule is CC(=O)NC(=O)/C=C\C(=O)NC(C)=O. The zero-order valence-electron chi connectivity index (χ0n) is 7.79. The van der Waals surface area contributed by atoms with Gasteiger partial charge in [-0.3, -0.25) is 29.8 Å². The van der Waals surface area contributed by atoms with Crippen LogP contribution in [0.5, 0.6) is 0 Å². The van der Waals surface area contributed by atoms with Crippen LogP contribution in [0.2, 0.25) is 0 Å². The van der Waals surface area contributed by atoms with Gasteiger partial charge in [0.05, 0.1) is 0 Å². The predicted molar refractivity (Wildman–Crippen MR) is 46.8 cm³/mol. The minimum absolute atomic E-state index is 0.522. The zero-order valence-corrected chi connectivity index (χ0v) is 7.79. The fourth-order valence-corrected chi connectivity index (χ4v) is 0.582. The van der Waals surface area contributed by atoms with Gasteiger partial charge in [-0.25, -0.2) is 0 Å². The molecule has 0 aromatic carbocycles. The van der Waals surface area contributed by atoms with Gasteiger partial charge in [0.2, 0.25) is 11.8 Å². The van der Waals surface area contributed by atoms with E-state index in [0.717, 1.165) is 12.2 Å². The second kappa shape index (κ2) is 5.63. The second-order valence-corrected chi connectivity index (χ2v) is 2.42. The predicted octanol–water partition coefficient (Wildman–Crippen LogP) is -1.13. The Hall–Kier alpha value is -1.98. The van der Waals surface area contributed by atoms with Crippen molar-refractivity contribution in [2.24, 2.45) is 0 Å². The molecular weight excluding hydrogens is 188 g/mol. The molecule has 0 aromatic heterocycles. The third-order valence-electron chi connectivity index (χ3n) is 0.985. The Morgan fingerprint density at radius 3 is 1.29 bits per heavy atom. The molecule has 0 aliphatic rings. The van der Waals surface area contributed by atoms with E-state index in [-0.39, 0.29) is 0 Å². The first-order valence-electron chi connectivity index (χ1n) is 3.73. The van der Waals surface area contributed by atoms with Gasteiger partial charge in [-0.2, -0.15) is 0 Å². The van der Waals surface area contributed by atoms with Gasteiger partial charge >= 0.3 is 0 Å². The largest absolute Gasteiger partial charge is 0.293 e. The Balaban J connectivity index is 4.04. The van der Waals surface area contributed by atoms with Crippen LogP contribution in [0.1, 0.15) is 13.8 Å². The highest BCUT2D eigenvalue weighted by molar-refractivity contribution is 6.06. The van der Waals surface area contributed by atoms with Crippen molar-refractivity contribution < 1.29 is 19.2 Å². The lowest BCUT2D eigenvalue weighted by Crippen LogP contribution is -2.28. The van der Waals surface area contributed by atoms with Gasteiger partial charge in [0, 0.05) is 26.0 Å². The van der Waals surface area contributed by atoms with Gasteiger partial charge < -0.3 is 0 Å². The van der Waals surface area contributed by atoms with E-state index in [1.165, 1.54) is 13.8 Å². The van der Waals surface area contributed by atoms with Gasteiger partial charge in [-0.15, -0.1) is 0 Å². The molecule has 0 aliphatic heterocycles. The molecule has 0 unspecified atom stereocenters. The fourth-order valence-electron chi connectivity index (χ4n) is 0.582. The van der Waals surface area contributed by atoms with Crippen molar-refractivity contribution in [3.05, 3.63) is 12.2 Å². The van der Waals surface area contributed by atoms with Crippen molar-refractivity contribution >= 4 is 23.6 Å². The maximum absolute atomic E-state index is 10.8. The normalized spacial score (nSPS) is 9.57. The maximum Gasteiger partial charge on any atom is 0.250 e. The lowest BCUT2D eigenvalue weighted by molar-refractivity contribution is -0.129. The molecular formula is C8H10N2O4. The molecule has 0 atom stereocenters. The Morgan fingerprint density at radius 1 is 0.786 bits per heavy atom. The molecule has 0 heterocycles. The lowest BCUT2D eigenvalue weighted by atomic mass is 10.4. The first-order chi connectivity index (χ1) is 6.41. The average Bonchev–Trinajstić information content (AvgIpc) is 1.98. The number of hydrogen-bond donors (Lipinski definition) is 2. The minimum atomic E-state index is -0.712.